The lowest BCUT2D eigenvalue weighted by Gasteiger charge is -2.23. The van der Waals surface area contributed by atoms with Crippen molar-refractivity contribution < 1.29 is 19.0 Å². The van der Waals surface area contributed by atoms with E-state index in [0.29, 0.717) is 6.42 Å². The zero-order chi connectivity index (χ0) is 14.0. The third-order valence-electron chi connectivity index (χ3n) is 2.63. The number of methoxy groups -OCH3 is 1. The van der Waals surface area contributed by atoms with Crippen LogP contribution in [0.1, 0.15) is 59.8 Å². The van der Waals surface area contributed by atoms with Crippen molar-refractivity contribution in [2.24, 2.45) is 0 Å². The normalized spacial score (nSPS) is 19.7. The predicted octanol–water partition coefficient (Wildman–Crippen LogP) is 3.29. The molecule has 18 heavy (non-hydrogen) atoms. The summed E-state index contributed by atoms with van der Waals surface area (Å²) in [5.74, 6) is -0.0492. The molecule has 108 valence electrons. The minimum absolute atomic E-state index is 0.00468. The number of carbonyl (C=O) groups is 1. The van der Waals surface area contributed by atoms with Gasteiger partial charge in [0.05, 0.1) is 12.5 Å². The summed E-state index contributed by atoms with van der Waals surface area (Å²) < 4.78 is 15.3. The number of unbranched alkanes of at least 4 members (excludes halogenated alkanes) is 1. The molecule has 2 atom stereocenters. The Morgan fingerprint density at radius 3 is 2.28 bits per heavy atom. The molecule has 1 heterocycles. The maximum Gasteiger partial charge on any atom is 0.309 e. The minimum atomic E-state index is -0.0492. The molecular weight excluding hydrogens is 232 g/mol. The number of esters is 1. The Kier molecular flexibility index (Phi) is 9.98. The molecule has 4 heteroatoms. The van der Waals surface area contributed by atoms with Crippen LogP contribution in [0, 0.1) is 0 Å². The molecule has 1 saturated heterocycles. The topological polar surface area (TPSA) is 44.8 Å². The maximum absolute atomic E-state index is 10.0. The smallest absolute Gasteiger partial charge is 0.309 e. The summed E-state index contributed by atoms with van der Waals surface area (Å²) in [6.45, 7) is 8.23. The van der Waals surface area contributed by atoms with E-state index in [1.807, 2.05) is 20.8 Å². The maximum atomic E-state index is 10.0. The Bertz CT molecular complexity index is 208. The predicted molar refractivity (Wildman–Crippen MR) is 71.3 cm³/mol. The van der Waals surface area contributed by atoms with Crippen molar-refractivity contribution in [1.82, 2.24) is 0 Å². The highest BCUT2D eigenvalue weighted by molar-refractivity contribution is 5.75. The van der Waals surface area contributed by atoms with E-state index >= 15 is 0 Å². The molecule has 0 radical (unpaired) electrons. The lowest BCUT2D eigenvalue weighted by molar-refractivity contribution is -0.169. The van der Waals surface area contributed by atoms with Gasteiger partial charge in [-0.2, -0.15) is 0 Å². The lowest BCUT2D eigenvalue weighted by Crippen LogP contribution is -2.31. The molecule has 0 aliphatic carbocycles. The molecule has 1 fully saturated rings. The van der Waals surface area contributed by atoms with Crippen molar-refractivity contribution in [2.75, 3.05) is 7.11 Å². The van der Waals surface area contributed by atoms with E-state index in [1.165, 1.54) is 12.8 Å². The molecule has 0 bridgehead atoms. The van der Waals surface area contributed by atoms with Crippen LogP contribution in [0.4, 0.5) is 0 Å². The van der Waals surface area contributed by atoms with E-state index in [4.69, 9.17) is 9.47 Å². The Morgan fingerprint density at radius 2 is 2.00 bits per heavy atom. The Balaban J connectivity index is 0.000000351. The van der Waals surface area contributed by atoms with Crippen LogP contribution in [-0.2, 0) is 19.0 Å². The van der Waals surface area contributed by atoms with Gasteiger partial charge in [0.15, 0.2) is 6.29 Å². The van der Waals surface area contributed by atoms with Gasteiger partial charge in [-0.1, -0.05) is 20.3 Å². The van der Waals surface area contributed by atoms with Gasteiger partial charge in [0.1, 0.15) is 6.10 Å². The van der Waals surface area contributed by atoms with E-state index in [1.54, 1.807) is 7.11 Å². The average Bonchev–Trinajstić information content (AvgIpc) is 2.30. The summed E-state index contributed by atoms with van der Waals surface area (Å²) in [5.41, 5.74) is 0. The second kappa shape index (κ2) is 10.3. The number of cyclic esters (lactones) is 1. The molecule has 1 aliphatic rings. The van der Waals surface area contributed by atoms with Gasteiger partial charge in [-0.15, -0.1) is 0 Å². The number of ether oxygens (including phenoxy) is 3. The Labute approximate surface area is 111 Å². The van der Waals surface area contributed by atoms with Gasteiger partial charge in [-0.25, -0.2) is 0 Å². The van der Waals surface area contributed by atoms with Gasteiger partial charge in [-0.3, -0.25) is 4.79 Å². The van der Waals surface area contributed by atoms with Crippen molar-refractivity contribution in [3.05, 3.63) is 0 Å². The Morgan fingerprint density at radius 1 is 1.39 bits per heavy atom. The molecule has 0 spiro atoms. The van der Waals surface area contributed by atoms with Crippen LogP contribution in [-0.4, -0.2) is 31.6 Å². The number of hydrogen-bond donors (Lipinski definition) is 0. The molecule has 2 unspecified atom stereocenters. The molecule has 1 aliphatic heterocycles. The first kappa shape index (κ1) is 17.4. The van der Waals surface area contributed by atoms with Gasteiger partial charge in [-0.05, 0) is 33.1 Å². The zero-order valence-electron chi connectivity index (χ0n) is 12.4. The first-order valence-electron chi connectivity index (χ1n) is 6.91. The van der Waals surface area contributed by atoms with Crippen molar-refractivity contribution >= 4 is 5.97 Å². The van der Waals surface area contributed by atoms with Crippen LogP contribution in [0.5, 0.6) is 0 Å². The summed E-state index contributed by atoms with van der Waals surface area (Å²) in [7, 11) is 1.70. The quantitative estimate of drug-likeness (QED) is 0.520. The zero-order valence-corrected chi connectivity index (χ0v) is 12.4. The number of rotatable bonds is 7. The van der Waals surface area contributed by atoms with E-state index in [2.05, 4.69) is 11.7 Å². The first-order chi connectivity index (χ1) is 8.53. The van der Waals surface area contributed by atoms with E-state index in [-0.39, 0.29) is 24.5 Å². The molecule has 0 saturated carbocycles. The van der Waals surface area contributed by atoms with Crippen molar-refractivity contribution in [3.63, 3.8) is 0 Å². The molecular formula is C14H28O4. The number of hydrogen-bond acceptors (Lipinski definition) is 4. The molecule has 0 amide bonds. The fourth-order valence-electron chi connectivity index (χ4n) is 1.51. The summed E-state index contributed by atoms with van der Waals surface area (Å²) in [5, 5.41) is 0. The molecule has 0 aromatic heterocycles. The highest BCUT2D eigenvalue weighted by Crippen LogP contribution is 2.15. The van der Waals surface area contributed by atoms with E-state index < -0.39 is 0 Å². The molecule has 4 nitrogen and oxygen atoms in total. The third-order valence-corrected chi connectivity index (χ3v) is 2.63. The highest BCUT2D eigenvalue weighted by Gasteiger charge is 2.25. The van der Waals surface area contributed by atoms with E-state index in [9.17, 15) is 4.79 Å². The van der Waals surface area contributed by atoms with Crippen LogP contribution in [0.15, 0.2) is 0 Å². The second-order valence-electron chi connectivity index (χ2n) is 4.72. The van der Waals surface area contributed by atoms with Crippen molar-refractivity contribution in [2.45, 2.75) is 78.3 Å². The molecule has 0 aromatic rings. The molecule has 0 N–H and O–H groups in total. The summed E-state index contributed by atoms with van der Waals surface area (Å²) in [4.78, 5) is 10.0. The van der Waals surface area contributed by atoms with Crippen LogP contribution >= 0.6 is 0 Å². The average molecular weight is 260 g/mol. The van der Waals surface area contributed by atoms with Gasteiger partial charge in [0.25, 0.3) is 0 Å². The fourth-order valence-corrected chi connectivity index (χ4v) is 1.51. The molecule has 0 aromatic carbocycles. The highest BCUT2D eigenvalue weighted by atomic mass is 16.7. The lowest BCUT2D eigenvalue weighted by atomic mass is 10.1. The number of carbonyl (C=O) groups excluding carboxylic acids is 1. The SMILES string of the molecule is CCC1CC(=O)O1.CCCCC(OC)OC(C)C. The monoisotopic (exact) mass is 260 g/mol. The van der Waals surface area contributed by atoms with Gasteiger partial charge in [0.2, 0.25) is 0 Å². The van der Waals surface area contributed by atoms with Crippen LogP contribution in [0.25, 0.3) is 0 Å². The van der Waals surface area contributed by atoms with Crippen molar-refractivity contribution in [3.8, 4) is 0 Å². The summed E-state index contributed by atoms with van der Waals surface area (Å²) in [6.07, 6.45) is 5.47. The van der Waals surface area contributed by atoms with Gasteiger partial charge >= 0.3 is 5.97 Å². The summed E-state index contributed by atoms with van der Waals surface area (Å²) in [6, 6.07) is 0. The minimum Gasteiger partial charge on any atom is -0.462 e. The third kappa shape index (κ3) is 8.48. The Hall–Kier alpha value is -0.610. The fraction of sp³-hybridized carbons (Fsp3) is 0.929. The standard InChI is InChI=1S/C9H20O2.C5H8O2/c1-5-6-7-9(10-4)11-8(2)3;1-2-4-3-5(6)7-4/h8-9H,5-7H2,1-4H3;4H,2-3H2,1H3. The largest absolute Gasteiger partial charge is 0.462 e. The summed E-state index contributed by atoms with van der Waals surface area (Å²) >= 11 is 0. The van der Waals surface area contributed by atoms with E-state index in [0.717, 1.165) is 12.8 Å². The van der Waals surface area contributed by atoms with Gasteiger partial charge in [0, 0.05) is 7.11 Å². The van der Waals surface area contributed by atoms with Crippen molar-refractivity contribution in [1.29, 1.82) is 0 Å². The molecule has 1 rings (SSSR count). The van der Waals surface area contributed by atoms with Crippen LogP contribution in [0.2, 0.25) is 0 Å². The first-order valence-corrected chi connectivity index (χ1v) is 6.91. The van der Waals surface area contributed by atoms with Crippen LogP contribution < -0.4 is 0 Å². The second-order valence-corrected chi connectivity index (χ2v) is 4.72. The van der Waals surface area contributed by atoms with Crippen LogP contribution in [0.3, 0.4) is 0 Å². The van der Waals surface area contributed by atoms with Gasteiger partial charge < -0.3 is 14.2 Å².